The molecule has 2 N–H and O–H groups in total. The maximum atomic E-state index is 13.1. The van der Waals surface area contributed by atoms with Crippen molar-refractivity contribution in [1.29, 1.82) is 0 Å². The van der Waals surface area contributed by atoms with Crippen LogP contribution < -0.4 is 10.6 Å². The van der Waals surface area contributed by atoms with Gasteiger partial charge in [-0.25, -0.2) is 8.78 Å². The van der Waals surface area contributed by atoms with Crippen molar-refractivity contribution in [2.45, 2.75) is 13.0 Å². The van der Waals surface area contributed by atoms with Crippen LogP contribution in [0.15, 0.2) is 53.9 Å². The lowest BCUT2D eigenvalue weighted by Crippen LogP contribution is -2.13. The zero-order chi connectivity index (χ0) is 13.7. The van der Waals surface area contributed by atoms with E-state index in [9.17, 15) is 8.78 Å². The van der Waals surface area contributed by atoms with E-state index in [1.165, 1.54) is 6.07 Å². The largest absolute Gasteiger partial charge is 0.394 e. The molecule has 1 aliphatic rings. The first-order valence-corrected chi connectivity index (χ1v) is 6.11. The molecule has 0 bridgehead atoms. The van der Waals surface area contributed by atoms with Crippen LogP contribution >= 0.6 is 0 Å². The Balaban J connectivity index is 2.00. The summed E-state index contributed by atoms with van der Waals surface area (Å²) in [5.41, 5.74) is 2.83. The van der Waals surface area contributed by atoms with Crippen LogP contribution in [0.3, 0.4) is 0 Å². The summed E-state index contributed by atoms with van der Waals surface area (Å²) in [6.07, 6.45) is 8.87. The summed E-state index contributed by atoms with van der Waals surface area (Å²) in [6, 6.07) is 3.92. The summed E-state index contributed by atoms with van der Waals surface area (Å²) in [4.78, 5) is 0. The molecule has 1 aliphatic carbocycles. The van der Waals surface area contributed by atoms with E-state index in [2.05, 4.69) is 16.7 Å². The summed E-state index contributed by atoms with van der Waals surface area (Å²) in [5, 5.41) is 6.18. The van der Waals surface area contributed by atoms with Crippen molar-refractivity contribution in [3.63, 3.8) is 0 Å². The van der Waals surface area contributed by atoms with Gasteiger partial charge in [-0.15, -0.1) is 0 Å². The molecule has 1 aromatic rings. The third-order valence-corrected chi connectivity index (χ3v) is 2.80. The first-order valence-electron chi connectivity index (χ1n) is 6.11. The monoisotopic (exact) mass is 262 g/mol. The highest BCUT2D eigenvalue weighted by Gasteiger charge is 2.04. The van der Waals surface area contributed by atoms with Gasteiger partial charge in [0.25, 0.3) is 0 Å². The normalized spacial score (nSPS) is 16.4. The highest BCUT2D eigenvalue weighted by Crippen LogP contribution is 2.14. The molecule has 0 heterocycles. The van der Waals surface area contributed by atoms with Gasteiger partial charge >= 0.3 is 0 Å². The van der Waals surface area contributed by atoms with Crippen molar-refractivity contribution in [2.75, 3.05) is 7.05 Å². The molecule has 2 rings (SSSR count). The van der Waals surface area contributed by atoms with Crippen molar-refractivity contribution in [1.82, 2.24) is 10.6 Å². The van der Waals surface area contributed by atoms with E-state index in [0.29, 0.717) is 12.1 Å². The molecular formula is C15H16F2N2. The van der Waals surface area contributed by atoms with Gasteiger partial charge in [-0.1, -0.05) is 12.1 Å². The van der Waals surface area contributed by atoms with Crippen LogP contribution in [0, 0.1) is 11.6 Å². The van der Waals surface area contributed by atoms with Crippen LogP contribution in [0.4, 0.5) is 8.78 Å². The van der Waals surface area contributed by atoms with Gasteiger partial charge in [0.2, 0.25) is 0 Å². The third-order valence-electron chi connectivity index (χ3n) is 2.80. The highest BCUT2D eigenvalue weighted by atomic mass is 19.2. The average molecular weight is 262 g/mol. The predicted molar refractivity (Wildman–Crippen MR) is 72.2 cm³/mol. The number of nitrogens with one attached hydrogen (secondary N) is 2. The minimum atomic E-state index is -0.820. The van der Waals surface area contributed by atoms with Crippen molar-refractivity contribution in [2.24, 2.45) is 0 Å². The van der Waals surface area contributed by atoms with Gasteiger partial charge in [-0.05, 0) is 48.0 Å². The number of rotatable bonds is 4. The highest BCUT2D eigenvalue weighted by molar-refractivity contribution is 5.35. The zero-order valence-electron chi connectivity index (χ0n) is 10.7. The molecular weight excluding hydrogens is 246 g/mol. The van der Waals surface area contributed by atoms with E-state index < -0.39 is 11.6 Å². The molecule has 1 aromatic carbocycles. The second kappa shape index (κ2) is 6.18. The molecule has 2 nitrogen and oxygen atoms in total. The number of hydrogen-bond donors (Lipinski definition) is 2. The lowest BCUT2D eigenvalue weighted by atomic mass is 10.1. The fourth-order valence-corrected chi connectivity index (χ4v) is 1.88. The summed E-state index contributed by atoms with van der Waals surface area (Å²) < 4.78 is 25.9. The number of allylic oxidation sites excluding steroid dienone is 4. The van der Waals surface area contributed by atoms with E-state index >= 15 is 0 Å². The Morgan fingerprint density at radius 2 is 2.11 bits per heavy atom. The van der Waals surface area contributed by atoms with Crippen molar-refractivity contribution >= 4 is 0 Å². The van der Waals surface area contributed by atoms with E-state index in [1.807, 2.05) is 25.4 Å². The molecule has 0 radical (unpaired) electrons. The Morgan fingerprint density at radius 1 is 1.26 bits per heavy atom. The maximum absolute atomic E-state index is 13.1. The number of benzene rings is 1. The van der Waals surface area contributed by atoms with E-state index in [4.69, 9.17) is 0 Å². The summed E-state index contributed by atoms with van der Waals surface area (Å²) in [6.45, 7) is 0.459. The smallest absolute Gasteiger partial charge is 0.159 e. The van der Waals surface area contributed by atoms with Gasteiger partial charge < -0.3 is 10.6 Å². The summed E-state index contributed by atoms with van der Waals surface area (Å²) >= 11 is 0. The topological polar surface area (TPSA) is 24.1 Å². The van der Waals surface area contributed by atoms with Crippen molar-refractivity contribution in [3.05, 3.63) is 71.1 Å². The second-order valence-electron chi connectivity index (χ2n) is 4.32. The first kappa shape index (κ1) is 13.3. The molecule has 0 atom stereocenters. The van der Waals surface area contributed by atoms with Gasteiger partial charge in [-0.2, -0.15) is 0 Å². The van der Waals surface area contributed by atoms with Crippen LogP contribution in [0.5, 0.6) is 0 Å². The Labute approximate surface area is 111 Å². The van der Waals surface area contributed by atoms with Gasteiger partial charge in [0, 0.05) is 19.3 Å². The van der Waals surface area contributed by atoms with Gasteiger partial charge in [0.15, 0.2) is 11.6 Å². The molecule has 0 saturated heterocycles. The first-order chi connectivity index (χ1) is 9.19. The van der Waals surface area contributed by atoms with Gasteiger partial charge in [-0.3, -0.25) is 0 Å². The van der Waals surface area contributed by atoms with E-state index in [-0.39, 0.29) is 0 Å². The lowest BCUT2D eigenvalue weighted by molar-refractivity contribution is 0.506. The predicted octanol–water partition coefficient (Wildman–Crippen LogP) is 3.00. The molecule has 0 amide bonds. The third kappa shape index (κ3) is 3.68. The molecule has 0 fully saturated rings. The Kier molecular flexibility index (Phi) is 4.34. The quantitative estimate of drug-likeness (QED) is 0.871. The lowest BCUT2D eigenvalue weighted by Gasteiger charge is -2.12. The Hall–Kier alpha value is -2.10. The fourth-order valence-electron chi connectivity index (χ4n) is 1.88. The molecule has 0 aliphatic heterocycles. The summed E-state index contributed by atoms with van der Waals surface area (Å²) in [5.74, 6) is -1.64. The number of hydrogen-bond acceptors (Lipinski definition) is 2. The van der Waals surface area contributed by atoms with E-state index in [0.717, 1.165) is 23.8 Å². The van der Waals surface area contributed by atoms with E-state index in [1.54, 1.807) is 6.07 Å². The molecule has 100 valence electrons. The SMILES string of the molecule is CN/C=C1/C=C(NCc2ccc(F)c(F)c2)C=CC1. The Bertz CT molecular complexity index is 545. The molecule has 0 spiro atoms. The second-order valence-corrected chi connectivity index (χ2v) is 4.32. The van der Waals surface area contributed by atoms with Gasteiger partial charge in [0.05, 0.1) is 0 Å². The van der Waals surface area contributed by atoms with Crippen LogP contribution in [-0.2, 0) is 6.54 Å². The summed E-state index contributed by atoms with van der Waals surface area (Å²) in [7, 11) is 1.85. The molecule has 0 aromatic heterocycles. The Morgan fingerprint density at radius 3 is 2.84 bits per heavy atom. The fraction of sp³-hybridized carbons (Fsp3) is 0.200. The van der Waals surface area contributed by atoms with Crippen LogP contribution in [0.2, 0.25) is 0 Å². The molecule has 4 heteroatoms. The van der Waals surface area contributed by atoms with Gasteiger partial charge in [0.1, 0.15) is 0 Å². The molecule has 0 unspecified atom stereocenters. The molecule has 19 heavy (non-hydrogen) atoms. The number of halogens is 2. The van der Waals surface area contributed by atoms with Crippen LogP contribution in [0.25, 0.3) is 0 Å². The van der Waals surface area contributed by atoms with Crippen molar-refractivity contribution in [3.8, 4) is 0 Å². The van der Waals surface area contributed by atoms with Crippen molar-refractivity contribution < 1.29 is 8.78 Å². The maximum Gasteiger partial charge on any atom is 0.159 e. The minimum Gasteiger partial charge on any atom is -0.394 e. The minimum absolute atomic E-state index is 0.459. The zero-order valence-corrected chi connectivity index (χ0v) is 10.7. The standard InChI is InChI=1S/C15H16F2N2/c1-18-9-11-3-2-4-13(7-11)19-10-12-5-6-14(16)15(17)8-12/h2,4-9,18-19H,3,10H2,1H3/b11-9+. The van der Waals surface area contributed by atoms with Crippen LogP contribution in [0.1, 0.15) is 12.0 Å². The van der Waals surface area contributed by atoms with Crippen LogP contribution in [-0.4, -0.2) is 7.05 Å². The molecule has 0 saturated carbocycles. The average Bonchev–Trinajstić information content (AvgIpc) is 2.41.